The number of pyridine rings is 1. The number of carbonyl (C=O) groups excluding carboxylic acids is 1. The SMILES string of the molecule is Cc1cc(C(=O)Cn2cc(S(=O)(=O)N3CCCC3)ccc2=O)c(C)n1C1CCS(=O)(=O)C1. The van der Waals surface area contributed by atoms with Gasteiger partial charge in [-0.25, -0.2) is 16.8 Å². The van der Waals surface area contributed by atoms with Crippen LogP contribution in [0.15, 0.2) is 34.1 Å². The van der Waals surface area contributed by atoms with Gasteiger partial charge in [0.05, 0.1) is 22.9 Å². The minimum Gasteiger partial charge on any atom is -0.344 e. The average Bonchev–Trinajstić information content (AvgIpc) is 3.43. The number of carbonyl (C=O) groups is 1. The summed E-state index contributed by atoms with van der Waals surface area (Å²) in [5.74, 6) is -0.151. The fourth-order valence-electron chi connectivity index (χ4n) is 4.70. The van der Waals surface area contributed by atoms with E-state index in [1.165, 1.54) is 22.6 Å². The van der Waals surface area contributed by atoms with Crippen LogP contribution in [0.4, 0.5) is 0 Å². The van der Waals surface area contributed by atoms with Gasteiger partial charge in [0.1, 0.15) is 0 Å². The second kappa shape index (κ2) is 8.27. The third-order valence-corrected chi connectivity index (χ3v) is 9.96. The highest BCUT2D eigenvalue weighted by Gasteiger charge is 2.32. The average molecular weight is 482 g/mol. The van der Waals surface area contributed by atoms with Gasteiger partial charge in [-0.2, -0.15) is 4.31 Å². The molecule has 9 nitrogen and oxygen atoms in total. The lowest BCUT2D eigenvalue weighted by molar-refractivity contribution is 0.0969. The van der Waals surface area contributed by atoms with Crippen LogP contribution >= 0.6 is 0 Å². The summed E-state index contributed by atoms with van der Waals surface area (Å²) in [5.41, 5.74) is 1.38. The number of aromatic nitrogens is 2. The third kappa shape index (κ3) is 4.20. The summed E-state index contributed by atoms with van der Waals surface area (Å²) < 4.78 is 53.8. The van der Waals surface area contributed by atoms with Crippen molar-refractivity contribution in [3.63, 3.8) is 0 Å². The normalized spacial score (nSPS) is 21.2. The van der Waals surface area contributed by atoms with Gasteiger partial charge >= 0.3 is 0 Å². The Morgan fingerprint density at radius 3 is 2.47 bits per heavy atom. The first-order valence-electron chi connectivity index (χ1n) is 10.6. The molecule has 0 bridgehead atoms. The smallest absolute Gasteiger partial charge is 0.251 e. The maximum Gasteiger partial charge on any atom is 0.251 e. The second-order valence-electron chi connectivity index (χ2n) is 8.58. The second-order valence-corrected chi connectivity index (χ2v) is 12.7. The molecule has 0 spiro atoms. The zero-order chi connectivity index (χ0) is 23.3. The van der Waals surface area contributed by atoms with Crippen molar-refractivity contribution >= 4 is 25.6 Å². The minimum atomic E-state index is -3.71. The molecule has 2 fully saturated rings. The highest BCUT2D eigenvalue weighted by atomic mass is 32.2. The van der Waals surface area contributed by atoms with Gasteiger partial charge in [-0.15, -0.1) is 0 Å². The predicted molar refractivity (Wildman–Crippen MR) is 119 cm³/mol. The van der Waals surface area contributed by atoms with Crippen LogP contribution in [0.3, 0.4) is 0 Å². The van der Waals surface area contributed by atoms with Crippen LogP contribution in [-0.2, 0) is 26.4 Å². The van der Waals surface area contributed by atoms with Crippen molar-refractivity contribution in [3.05, 3.63) is 51.7 Å². The summed E-state index contributed by atoms with van der Waals surface area (Å²) in [6, 6.07) is 3.95. The number of sulfone groups is 1. The van der Waals surface area contributed by atoms with Crippen LogP contribution in [0.25, 0.3) is 0 Å². The molecule has 2 aromatic heterocycles. The van der Waals surface area contributed by atoms with E-state index in [0.717, 1.165) is 23.1 Å². The number of hydrogen-bond donors (Lipinski definition) is 0. The standard InChI is InChI=1S/C21H27N3O6S2/c1-15-11-19(16(2)24(15)17-7-10-31(27,28)14-17)20(25)13-22-12-18(5-6-21(22)26)32(29,30)23-8-3-4-9-23/h5-6,11-12,17H,3-4,7-10,13-14H2,1-2H3. The maximum absolute atomic E-state index is 13.1. The Hall–Kier alpha value is -2.24. The van der Waals surface area contributed by atoms with Gasteiger partial charge in [-0.3, -0.25) is 9.59 Å². The van der Waals surface area contributed by atoms with Crippen molar-refractivity contribution in [3.8, 4) is 0 Å². The number of rotatable bonds is 6. The van der Waals surface area contributed by atoms with Crippen molar-refractivity contribution in [2.45, 2.75) is 50.6 Å². The van der Waals surface area contributed by atoms with Crippen LogP contribution in [-0.4, -0.2) is 60.7 Å². The quantitative estimate of drug-likeness (QED) is 0.574. The molecule has 174 valence electrons. The summed E-state index contributed by atoms with van der Waals surface area (Å²) in [5, 5.41) is 0. The van der Waals surface area contributed by atoms with E-state index in [9.17, 15) is 26.4 Å². The third-order valence-electron chi connectivity index (χ3n) is 6.33. The summed E-state index contributed by atoms with van der Waals surface area (Å²) in [7, 11) is -6.79. The zero-order valence-electron chi connectivity index (χ0n) is 18.2. The topological polar surface area (TPSA) is 116 Å². The Morgan fingerprint density at radius 1 is 1.16 bits per heavy atom. The van der Waals surface area contributed by atoms with Crippen molar-refractivity contribution in [1.29, 1.82) is 0 Å². The Morgan fingerprint density at radius 2 is 1.84 bits per heavy atom. The molecule has 0 amide bonds. The summed E-state index contributed by atoms with van der Waals surface area (Å²) in [6.45, 7) is 4.19. The van der Waals surface area contributed by atoms with Crippen LogP contribution in [0.5, 0.6) is 0 Å². The van der Waals surface area contributed by atoms with Crippen LogP contribution in [0, 0.1) is 13.8 Å². The number of aryl methyl sites for hydroxylation is 1. The first-order valence-corrected chi connectivity index (χ1v) is 13.9. The maximum atomic E-state index is 13.1. The molecule has 0 aliphatic carbocycles. The van der Waals surface area contributed by atoms with Crippen molar-refractivity contribution < 1.29 is 21.6 Å². The molecule has 1 unspecified atom stereocenters. The van der Waals surface area contributed by atoms with E-state index < -0.39 is 25.4 Å². The van der Waals surface area contributed by atoms with E-state index in [2.05, 4.69) is 0 Å². The predicted octanol–water partition coefficient (Wildman–Crippen LogP) is 1.29. The lowest BCUT2D eigenvalue weighted by Gasteiger charge is -2.17. The molecule has 11 heteroatoms. The number of ketones is 1. The van der Waals surface area contributed by atoms with Crippen molar-refractivity contribution in [2.75, 3.05) is 24.6 Å². The highest BCUT2D eigenvalue weighted by molar-refractivity contribution is 7.91. The molecule has 0 N–H and O–H groups in total. The van der Waals surface area contributed by atoms with E-state index in [-0.39, 0.29) is 34.8 Å². The molecule has 32 heavy (non-hydrogen) atoms. The highest BCUT2D eigenvalue weighted by Crippen LogP contribution is 2.29. The lowest BCUT2D eigenvalue weighted by Crippen LogP contribution is -2.30. The molecule has 2 aromatic rings. The van der Waals surface area contributed by atoms with Gasteiger partial charge in [0.15, 0.2) is 15.6 Å². The minimum absolute atomic E-state index is 0.00608. The molecular formula is C21H27N3O6S2. The van der Waals surface area contributed by atoms with Crippen molar-refractivity contribution in [2.24, 2.45) is 0 Å². The molecule has 2 aliphatic rings. The number of Topliss-reactive ketones (excluding diaryl/α,β-unsaturated/α-hetero) is 1. The Balaban J connectivity index is 1.61. The number of nitrogens with zero attached hydrogens (tertiary/aromatic N) is 3. The van der Waals surface area contributed by atoms with Crippen LogP contribution in [0.2, 0.25) is 0 Å². The van der Waals surface area contributed by atoms with Gasteiger partial charge in [0, 0.05) is 48.3 Å². The molecule has 2 saturated heterocycles. The van der Waals surface area contributed by atoms with Crippen LogP contribution in [0.1, 0.15) is 47.1 Å². The molecular weight excluding hydrogens is 454 g/mol. The van der Waals surface area contributed by atoms with Gasteiger partial charge in [-0.1, -0.05) is 0 Å². The largest absolute Gasteiger partial charge is 0.344 e. The van der Waals surface area contributed by atoms with Gasteiger partial charge in [0.25, 0.3) is 5.56 Å². The van der Waals surface area contributed by atoms with Gasteiger partial charge < -0.3 is 9.13 Å². The molecule has 1 atom stereocenters. The van der Waals surface area contributed by atoms with E-state index in [0.29, 0.717) is 30.8 Å². The Bertz CT molecular complexity index is 1330. The Kier molecular flexibility index (Phi) is 5.93. The van der Waals surface area contributed by atoms with E-state index in [1.54, 1.807) is 13.0 Å². The number of hydrogen-bond acceptors (Lipinski definition) is 6. The van der Waals surface area contributed by atoms with Crippen LogP contribution < -0.4 is 5.56 Å². The molecule has 4 heterocycles. The first-order chi connectivity index (χ1) is 15.0. The number of sulfonamides is 1. The molecule has 0 saturated carbocycles. The monoisotopic (exact) mass is 481 g/mol. The fourth-order valence-corrected chi connectivity index (χ4v) is 7.94. The van der Waals surface area contributed by atoms with Crippen molar-refractivity contribution in [1.82, 2.24) is 13.4 Å². The van der Waals surface area contributed by atoms with E-state index >= 15 is 0 Å². The summed E-state index contributed by atoms with van der Waals surface area (Å²) in [4.78, 5) is 25.4. The summed E-state index contributed by atoms with van der Waals surface area (Å²) >= 11 is 0. The molecule has 2 aliphatic heterocycles. The summed E-state index contributed by atoms with van der Waals surface area (Å²) in [6.07, 6.45) is 3.34. The first kappa shape index (κ1) is 22.9. The van der Waals surface area contributed by atoms with E-state index in [4.69, 9.17) is 0 Å². The zero-order valence-corrected chi connectivity index (χ0v) is 19.8. The molecule has 0 radical (unpaired) electrons. The van der Waals surface area contributed by atoms with E-state index in [1.807, 2.05) is 11.5 Å². The molecule has 0 aromatic carbocycles. The van der Waals surface area contributed by atoms with Gasteiger partial charge in [0.2, 0.25) is 10.0 Å². The molecule has 4 rings (SSSR count). The van der Waals surface area contributed by atoms with Gasteiger partial charge in [-0.05, 0) is 45.2 Å². The lowest BCUT2D eigenvalue weighted by atomic mass is 10.1. The fraction of sp³-hybridized carbons (Fsp3) is 0.524. The Labute approximate surface area is 187 Å².